The number of aryl methyl sites for hydroxylation is 2. The Morgan fingerprint density at radius 1 is 0.349 bits per heavy atom. The van der Waals surface area contributed by atoms with Crippen LogP contribution >= 0.6 is 0 Å². The summed E-state index contributed by atoms with van der Waals surface area (Å²) >= 11 is 0. The van der Waals surface area contributed by atoms with Crippen molar-refractivity contribution in [3.05, 3.63) is 104 Å². The van der Waals surface area contributed by atoms with Crippen LogP contribution in [0.3, 0.4) is 0 Å². The summed E-state index contributed by atoms with van der Waals surface area (Å²) in [5.74, 6) is 0. The minimum absolute atomic E-state index is 0.119. The van der Waals surface area contributed by atoms with E-state index in [0.29, 0.717) is 12.1 Å². The monoisotopic (exact) mass is 640 g/mol. The normalized spacial score (nSPS) is 13.9. The van der Waals surface area contributed by atoms with Crippen molar-refractivity contribution in [2.24, 2.45) is 0 Å². The third-order valence-electron chi connectivity index (χ3n) is 7.26. The first-order valence-corrected chi connectivity index (χ1v) is 11.9. The molecule has 3 rings (SSSR count). The molecule has 0 unspecified atom stereocenters. The Hall–Kier alpha value is -3.39. The smallest absolute Gasteiger partial charge is 0.169 e. The maximum Gasteiger partial charge on any atom is 0.416 e. The van der Waals surface area contributed by atoms with Gasteiger partial charge >= 0.3 is 30.9 Å². The molecule has 0 fully saturated rings. The van der Waals surface area contributed by atoms with Crippen LogP contribution in [0.1, 0.15) is 61.2 Å². The quantitative estimate of drug-likeness (QED) is 0.197. The van der Waals surface area contributed by atoms with E-state index in [2.05, 4.69) is 0 Å². The van der Waals surface area contributed by atoms with Gasteiger partial charge in [-0.05, 0) is 97.0 Å². The lowest BCUT2D eigenvalue weighted by molar-refractivity contribution is -0.168. The van der Waals surface area contributed by atoms with Crippen molar-refractivity contribution in [3.8, 4) is 0 Å². The fraction of sp³-hybridized carbons (Fsp3) is 0.357. The van der Waals surface area contributed by atoms with Crippen molar-refractivity contribution >= 4 is 0 Å². The van der Waals surface area contributed by atoms with Crippen molar-refractivity contribution in [1.29, 1.82) is 0 Å². The average molecular weight is 640 g/mol. The van der Waals surface area contributed by atoms with Crippen molar-refractivity contribution in [2.45, 2.75) is 64.0 Å². The second-order valence-electron chi connectivity index (χ2n) is 9.97. The highest BCUT2D eigenvalue weighted by atomic mass is 19.4. The third kappa shape index (κ3) is 6.17. The maximum atomic E-state index is 15.5. The van der Waals surface area contributed by atoms with Gasteiger partial charge in [-0.3, -0.25) is 0 Å². The minimum atomic E-state index is -6.10. The van der Waals surface area contributed by atoms with Gasteiger partial charge in [0.15, 0.2) is 0 Å². The Kier molecular flexibility index (Phi) is 8.22. The SMILES string of the molecule is Cc1cc(C(c2cc(C(F)(F)F)cc(C(F)(F)F)c2)(c2cc(C)c(C)c(C(F)(F)F)c2)C(F)(F)F)cc(C(F)(F)F)c1C. The molecule has 0 N–H and O–H groups in total. The summed E-state index contributed by atoms with van der Waals surface area (Å²) in [6.07, 6.45) is -28.2. The van der Waals surface area contributed by atoms with Gasteiger partial charge in [-0.25, -0.2) is 0 Å². The number of rotatable bonds is 3. The van der Waals surface area contributed by atoms with Gasteiger partial charge in [0.25, 0.3) is 0 Å². The molecular formula is C28H19F15. The van der Waals surface area contributed by atoms with E-state index in [4.69, 9.17) is 0 Å². The van der Waals surface area contributed by atoms with Crippen LogP contribution in [0.2, 0.25) is 0 Å². The van der Waals surface area contributed by atoms with Crippen LogP contribution in [0.4, 0.5) is 65.9 Å². The summed E-state index contributed by atoms with van der Waals surface area (Å²) in [7, 11) is 0. The molecule has 43 heavy (non-hydrogen) atoms. The Labute approximate surface area is 234 Å². The number of halogens is 15. The molecule has 0 aliphatic heterocycles. The first-order valence-electron chi connectivity index (χ1n) is 11.9. The van der Waals surface area contributed by atoms with Gasteiger partial charge in [-0.1, -0.05) is 12.1 Å². The lowest BCUT2D eigenvalue weighted by atomic mass is 9.66. The van der Waals surface area contributed by atoms with E-state index in [1.807, 2.05) is 0 Å². The highest BCUT2D eigenvalue weighted by Crippen LogP contribution is 2.55. The Bertz CT molecular complexity index is 1430. The molecule has 0 atom stereocenters. The number of benzene rings is 3. The molecule has 0 bridgehead atoms. The fourth-order valence-electron chi connectivity index (χ4n) is 4.90. The molecule has 0 saturated heterocycles. The predicted molar refractivity (Wildman–Crippen MR) is 124 cm³/mol. The largest absolute Gasteiger partial charge is 0.416 e. The van der Waals surface area contributed by atoms with E-state index in [0.717, 1.165) is 27.7 Å². The molecule has 0 saturated carbocycles. The summed E-state index contributed by atoms with van der Waals surface area (Å²) < 4.78 is 213. The molecule has 0 aromatic heterocycles. The van der Waals surface area contributed by atoms with Gasteiger partial charge in [0.2, 0.25) is 0 Å². The molecule has 0 spiro atoms. The topological polar surface area (TPSA) is 0 Å². The summed E-state index contributed by atoms with van der Waals surface area (Å²) in [5, 5.41) is 0. The van der Waals surface area contributed by atoms with E-state index in [-0.39, 0.29) is 24.3 Å². The van der Waals surface area contributed by atoms with Crippen molar-refractivity contribution in [1.82, 2.24) is 0 Å². The number of hydrogen-bond donors (Lipinski definition) is 0. The van der Waals surface area contributed by atoms with Gasteiger partial charge < -0.3 is 0 Å². The van der Waals surface area contributed by atoms with Crippen LogP contribution in [-0.2, 0) is 30.1 Å². The second-order valence-corrected chi connectivity index (χ2v) is 9.97. The van der Waals surface area contributed by atoms with E-state index in [1.54, 1.807) is 0 Å². The minimum Gasteiger partial charge on any atom is -0.169 e. The van der Waals surface area contributed by atoms with Crippen LogP contribution in [0.15, 0.2) is 42.5 Å². The zero-order valence-corrected chi connectivity index (χ0v) is 22.2. The molecular weight excluding hydrogens is 621 g/mol. The number of alkyl halides is 15. The van der Waals surface area contributed by atoms with Crippen LogP contribution in [-0.4, -0.2) is 6.18 Å². The fourth-order valence-corrected chi connectivity index (χ4v) is 4.90. The zero-order chi connectivity index (χ0) is 33.3. The van der Waals surface area contributed by atoms with Gasteiger partial charge in [0, 0.05) is 0 Å². The molecule has 0 radical (unpaired) electrons. The molecule has 0 nitrogen and oxygen atoms in total. The van der Waals surface area contributed by atoms with Gasteiger partial charge in [0.05, 0.1) is 22.3 Å². The van der Waals surface area contributed by atoms with Crippen molar-refractivity contribution in [2.75, 3.05) is 0 Å². The van der Waals surface area contributed by atoms with Crippen LogP contribution < -0.4 is 0 Å². The molecule has 0 aliphatic carbocycles. The number of hydrogen-bond acceptors (Lipinski definition) is 0. The maximum absolute atomic E-state index is 15.5. The van der Waals surface area contributed by atoms with Crippen molar-refractivity contribution in [3.63, 3.8) is 0 Å². The van der Waals surface area contributed by atoms with Crippen LogP contribution in [0.25, 0.3) is 0 Å². The first-order chi connectivity index (χ1) is 19.1. The van der Waals surface area contributed by atoms with Crippen molar-refractivity contribution < 1.29 is 65.9 Å². The van der Waals surface area contributed by atoms with E-state index < -0.39 is 104 Å². The zero-order valence-electron chi connectivity index (χ0n) is 22.2. The summed E-state index contributed by atoms with van der Waals surface area (Å²) in [6.45, 7) is 3.54. The molecule has 3 aromatic carbocycles. The van der Waals surface area contributed by atoms with Crippen LogP contribution in [0, 0.1) is 27.7 Å². The second kappa shape index (κ2) is 10.4. The molecule has 0 amide bonds. The Morgan fingerprint density at radius 2 is 0.628 bits per heavy atom. The van der Waals surface area contributed by atoms with Gasteiger partial charge in [-0.2, -0.15) is 65.9 Å². The summed E-state index contributed by atoms with van der Waals surface area (Å²) in [4.78, 5) is 0. The summed E-state index contributed by atoms with van der Waals surface area (Å²) in [6, 6.07) is -0.547. The Morgan fingerprint density at radius 3 is 0.884 bits per heavy atom. The van der Waals surface area contributed by atoms with Gasteiger partial charge in [-0.15, -0.1) is 0 Å². The lowest BCUT2D eigenvalue weighted by Gasteiger charge is -2.39. The highest BCUT2D eigenvalue weighted by molar-refractivity contribution is 5.59. The molecule has 0 aliphatic rings. The van der Waals surface area contributed by atoms with Gasteiger partial charge in [0.1, 0.15) is 5.41 Å². The molecule has 15 heteroatoms. The third-order valence-corrected chi connectivity index (χ3v) is 7.26. The molecule has 0 heterocycles. The van der Waals surface area contributed by atoms with E-state index >= 15 is 13.2 Å². The predicted octanol–water partition coefficient (Wildman–Crippen LogP) is 10.9. The summed E-state index contributed by atoms with van der Waals surface area (Å²) in [5.41, 5.74) is -19.6. The van der Waals surface area contributed by atoms with E-state index in [9.17, 15) is 52.7 Å². The lowest BCUT2D eigenvalue weighted by Crippen LogP contribution is -2.45. The van der Waals surface area contributed by atoms with E-state index in [1.165, 1.54) is 0 Å². The molecule has 236 valence electrons. The van der Waals surface area contributed by atoms with Crippen LogP contribution in [0.5, 0.6) is 0 Å². The first kappa shape index (κ1) is 34.1. The average Bonchev–Trinajstić information content (AvgIpc) is 2.80. The molecule has 3 aromatic rings. The Balaban J connectivity index is 2.78. The standard InChI is InChI=1S/C28H19F15/c1-12-5-16(10-21(14(12)3)26(35,36)37)23(28(41,42)43,17-6-13(2)15(4)22(11-17)27(38,39)40)18-7-19(24(29,30)31)9-20(8-18)25(32,33)34/h5-11H,1-4H3. The highest BCUT2D eigenvalue weighted by Gasteiger charge is 2.60.